The van der Waals surface area contributed by atoms with Gasteiger partial charge in [-0.1, -0.05) is 22.9 Å². The molecule has 1 aromatic rings. The highest BCUT2D eigenvalue weighted by Gasteiger charge is 2.03. The van der Waals surface area contributed by atoms with Crippen molar-refractivity contribution in [2.24, 2.45) is 10.9 Å². The zero-order chi connectivity index (χ0) is 14.1. The molecule has 1 aromatic carbocycles. The molecule has 0 radical (unpaired) electrons. The van der Waals surface area contributed by atoms with E-state index in [4.69, 9.17) is 10.9 Å². The van der Waals surface area contributed by atoms with Crippen LogP contribution in [0.25, 0.3) is 0 Å². The summed E-state index contributed by atoms with van der Waals surface area (Å²) in [5.74, 6) is 0.106. The van der Waals surface area contributed by atoms with Crippen molar-refractivity contribution in [1.82, 2.24) is 10.6 Å². The third-order valence-electron chi connectivity index (χ3n) is 2.59. The summed E-state index contributed by atoms with van der Waals surface area (Å²) in [6.07, 6.45) is 0.475. The summed E-state index contributed by atoms with van der Waals surface area (Å²) in [4.78, 5) is 11.7. The van der Waals surface area contributed by atoms with E-state index in [1.54, 1.807) is 12.1 Å². The number of amides is 1. The Hall–Kier alpha value is -2.08. The average Bonchev–Trinajstić information content (AvgIpc) is 2.42. The number of carbonyl (C=O) groups is 1. The lowest BCUT2D eigenvalue weighted by atomic mass is 10.1. The van der Waals surface area contributed by atoms with Gasteiger partial charge in [-0.25, -0.2) is 0 Å². The molecule has 6 heteroatoms. The third-order valence-corrected chi connectivity index (χ3v) is 2.59. The van der Waals surface area contributed by atoms with Crippen molar-refractivity contribution in [3.8, 4) is 0 Å². The van der Waals surface area contributed by atoms with Crippen molar-refractivity contribution in [3.63, 3.8) is 0 Å². The Labute approximate surface area is 112 Å². The lowest BCUT2D eigenvalue weighted by Crippen LogP contribution is -2.33. The van der Waals surface area contributed by atoms with Gasteiger partial charge in [-0.05, 0) is 19.1 Å². The maximum absolute atomic E-state index is 11.7. The van der Waals surface area contributed by atoms with Gasteiger partial charge >= 0.3 is 0 Å². The highest BCUT2D eigenvalue weighted by molar-refractivity contribution is 5.94. The molecule has 0 aliphatic carbocycles. The van der Waals surface area contributed by atoms with Crippen molar-refractivity contribution < 1.29 is 10.0 Å². The van der Waals surface area contributed by atoms with E-state index in [1.165, 1.54) is 0 Å². The van der Waals surface area contributed by atoms with Crippen LogP contribution in [0.3, 0.4) is 0 Å². The number of nitrogens with zero attached hydrogens (tertiary/aromatic N) is 1. The Morgan fingerprint density at radius 1 is 1.26 bits per heavy atom. The normalized spacial score (nSPS) is 11.3. The number of benzene rings is 1. The van der Waals surface area contributed by atoms with Gasteiger partial charge in [-0.3, -0.25) is 4.79 Å². The van der Waals surface area contributed by atoms with Crippen LogP contribution in [0.1, 0.15) is 22.3 Å². The third kappa shape index (κ3) is 5.87. The largest absolute Gasteiger partial charge is 0.409 e. The van der Waals surface area contributed by atoms with Gasteiger partial charge in [0.25, 0.3) is 5.91 Å². The topological polar surface area (TPSA) is 99.7 Å². The van der Waals surface area contributed by atoms with Crippen LogP contribution >= 0.6 is 0 Å². The lowest BCUT2D eigenvalue weighted by molar-refractivity contribution is 0.0954. The van der Waals surface area contributed by atoms with E-state index in [9.17, 15) is 4.79 Å². The number of carbonyl (C=O) groups excluding carboxylic acids is 1. The first-order valence-electron chi connectivity index (χ1n) is 6.15. The number of hydrogen-bond donors (Lipinski definition) is 4. The van der Waals surface area contributed by atoms with E-state index in [0.717, 1.165) is 5.56 Å². The van der Waals surface area contributed by atoms with Crippen molar-refractivity contribution in [3.05, 3.63) is 35.4 Å². The van der Waals surface area contributed by atoms with Crippen LogP contribution in [0.5, 0.6) is 0 Å². The van der Waals surface area contributed by atoms with E-state index in [2.05, 4.69) is 15.8 Å². The summed E-state index contributed by atoms with van der Waals surface area (Å²) >= 11 is 0. The summed E-state index contributed by atoms with van der Waals surface area (Å²) in [5.41, 5.74) is 7.10. The molecule has 0 aromatic heterocycles. The molecular formula is C13H20N4O2. The van der Waals surface area contributed by atoms with Gasteiger partial charge < -0.3 is 21.6 Å². The second kappa shape index (κ2) is 8.10. The van der Waals surface area contributed by atoms with E-state index in [1.807, 2.05) is 19.1 Å². The van der Waals surface area contributed by atoms with Crippen molar-refractivity contribution in [2.75, 3.05) is 19.6 Å². The average molecular weight is 264 g/mol. The predicted octanol–water partition coefficient (Wildman–Crippen LogP) is 0.451. The fraction of sp³-hybridized carbons (Fsp3) is 0.385. The molecular weight excluding hydrogens is 244 g/mol. The maximum atomic E-state index is 11.7. The minimum absolute atomic E-state index is 0.0850. The van der Waals surface area contributed by atoms with Gasteiger partial charge in [0.1, 0.15) is 5.84 Å². The molecule has 5 N–H and O–H groups in total. The van der Waals surface area contributed by atoms with Gasteiger partial charge in [0.05, 0.1) is 0 Å². The molecule has 0 aliphatic rings. The van der Waals surface area contributed by atoms with Gasteiger partial charge in [0.2, 0.25) is 0 Å². The molecule has 1 rings (SSSR count). The Bertz CT molecular complexity index is 429. The van der Waals surface area contributed by atoms with E-state index in [-0.39, 0.29) is 11.7 Å². The van der Waals surface area contributed by atoms with Gasteiger partial charge in [0, 0.05) is 31.6 Å². The number of nitrogens with one attached hydrogen (secondary N) is 2. The predicted molar refractivity (Wildman–Crippen MR) is 74.4 cm³/mol. The lowest BCUT2D eigenvalue weighted by Gasteiger charge is -2.06. The molecule has 0 saturated heterocycles. The molecule has 0 unspecified atom stereocenters. The molecule has 1 amide bonds. The monoisotopic (exact) mass is 264 g/mol. The van der Waals surface area contributed by atoms with Crippen LogP contribution in [-0.2, 0) is 0 Å². The number of oxime groups is 1. The smallest absolute Gasteiger partial charge is 0.251 e. The van der Waals surface area contributed by atoms with E-state index < -0.39 is 0 Å². The number of amidine groups is 1. The molecule has 104 valence electrons. The second-order valence-electron chi connectivity index (χ2n) is 4.21. The molecule has 0 fully saturated rings. The highest BCUT2D eigenvalue weighted by atomic mass is 16.4. The van der Waals surface area contributed by atoms with Gasteiger partial charge in [-0.15, -0.1) is 0 Å². The summed E-state index contributed by atoms with van der Waals surface area (Å²) in [6, 6.07) is 7.42. The molecule has 19 heavy (non-hydrogen) atoms. The first-order chi connectivity index (χ1) is 9.13. The van der Waals surface area contributed by atoms with Gasteiger partial charge in [-0.2, -0.15) is 0 Å². The molecule has 0 heterocycles. The summed E-state index contributed by atoms with van der Waals surface area (Å²) in [5, 5.41) is 17.1. The highest BCUT2D eigenvalue weighted by Crippen LogP contribution is 2.02. The number of nitrogens with two attached hydrogens (primary N) is 1. The van der Waals surface area contributed by atoms with Crippen LogP contribution < -0.4 is 16.4 Å². The minimum Gasteiger partial charge on any atom is -0.409 e. The molecule has 0 aliphatic heterocycles. The maximum Gasteiger partial charge on any atom is 0.251 e. The Morgan fingerprint density at radius 3 is 2.58 bits per heavy atom. The number of hydrogen-bond acceptors (Lipinski definition) is 4. The van der Waals surface area contributed by atoms with Crippen LogP contribution in [0.2, 0.25) is 0 Å². The Morgan fingerprint density at radius 2 is 1.95 bits per heavy atom. The van der Waals surface area contributed by atoms with Crippen LogP contribution in [0.4, 0.5) is 0 Å². The van der Waals surface area contributed by atoms with Crippen LogP contribution in [0.15, 0.2) is 29.4 Å². The molecule has 0 bridgehead atoms. The SMILES string of the molecule is Cc1ccc(C(=O)NCCNCCC(N)=NO)cc1. The van der Waals surface area contributed by atoms with Crippen LogP contribution in [0, 0.1) is 6.92 Å². The van der Waals surface area contributed by atoms with Crippen molar-refractivity contribution in [2.45, 2.75) is 13.3 Å². The Balaban J connectivity index is 2.16. The first kappa shape index (κ1) is 15.0. The van der Waals surface area contributed by atoms with Crippen LogP contribution in [-0.4, -0.2) is 36.6 Å². The molecule has 0 atom stereocenters. The zero-order valence-electron chi connectivity index (χ0n) is 11.0. The minimum atomic E-state index is -0.0850. The standard InChI is InChI=1S/C13H20N4O2/c1-10-2-4-11(5-3-10)13(18)16-9-8-15-7-6-12(14)17-19/h2-5,15,19H,6-9H2,1H3,(H2,14,17)(H,16,18). The first-order valence-corrected chi connectivity index (χ1v) is 6.15. The number of rotatable bonds is 7. The summed E-state index contributed by atoms with van der Waals surface area (Å²) in [6.45, 7) is 3.75. The van der Waals surface area contributed by atoms with Crippen molar-refractivity contribution in [1.29, 1.82) is 0 Å². The van der Waals surface area contributed by atoms with Gasteiger partial charge in [0.15, 0.2) is 0 Å². The summed E-state index contributed by atoms with van der Waals surface area (Å²) in [7, 11) is 0. The fourth-order valence-electron chi connectivity index (χ4n) is 1.46. The van der Waals surface area contributed by atoms with Crippen molar-refractivity contribution >= 4 is 11.7 Å². The molecule has 0 spiro atoms. The van der Waals surface area contributed by atoms with E-state index >= 15 is 0 Å². The number of aryl methyl sites for hydroxylation is 1. The zero-order valence-corrected chi connectivity index (χ0v) is 11.0. The quantitative estimate of drug-likeness (QED) is 0.189. The summed E-state index contributed by atoms with van der Waals surface area (Å²) < 4.78 is 0. The second-order valence-corrected chi connectivity index (χ2v) is 4.21. The molecule has 0 saturated carbocycles. The molecule has 6 nitrogen and oxygen atoms in total. The fourth-order valence-corrected chi connectivity index (χ4v) is 1.46. The van der Waals surface area contributed by atoms with E-state index in [0.29, 0.717) is 31.6 Å². The Kier molecular flexibility index (Phi) is 6.38.